The van der Waals surface area contributed by atoms with E-state index in [4.69, 9.17) is 0 Å². The summed E-state index contributed by atoms with van der Waals surface area (Å²) in [4.78, 5) is 0. The minimum Gasteiger partial charge on any atom is -0.446 e. The van der Waals surface area contributed by atoms with Crippen LogP contribution in [-0.2, 0) is 4.74 Å². The molecule has 0 bridgehead atoms. The largest absolute Gasteiger partial charge is 0.461 e. The summed E-state index contributed by atoms with van der Waals surface area (Å²) in [6.45, 7) is 4.81. The summed E-state index contributed by atoms with van der Waals surface area (Å²) in [6, 6.07) is 0. The molecule has 13 heteroatoms. The fourth-order valence-electron chi connectivity index (χ4n) is 1.07. The molecule has 0 atom stereocenters. The molecule has 0 aliphatic rings. The zero-order valence-corrected chi connectivity index (χ0v) is 11.5. The van der Waals surface area contributed by atoms with Crippen LogP contribution in [0.4, 0.5) is 52.7 Å². The number of allylic oxidation sites excluding steroid dienone is 6. The molecule has 0 unspecified atom stereocenters. The Bertz CT molecular complexity index is 538. The van der Waals surface area contributed by atoms with Crippen molar-refractivity contribution in [2.24, 2.45) is 0 Å². The zero-order chi connectivity index (χ0) is 20.4. The lowest BCUT2D eigenvalue weighted by Crippen LogP contribution is -2.43. The van der Waals surface area contributed by atoms with Gasteiger partial charge in [-0.2, -0.15) is 43.9 Å². The van der Waals surface area contributed by atoms with E-state index in [1.807, 2.05) is 0 Å². The van der Waals surface area contributed by atoms with E-state index >= 15 is 0 Å². The molecule has 0 N–H and O–H groups in total. The van der Waals surface area contributed by atoms with Crippen LogP contribution in [0.1, 0.15) is 0 Å². The van der Waals surface area contributed by atoms with E-state index in [9.17, 15) is 52.7 Å². The van der Waals surface area contributed by atoms with Crippen molar-refractivity contribution in [3.8, 4) is 0 Å². The van der Waals surface area contributed by atoms with E-state index in [-0.39, 0.29) is 0 Å². The van der Waals surface area contributed by atoms with E-state index in [2.05, 4.69) is 17.9 Å². The van der Waals surface area contributed by atoms with Gasteiger partial charge in [0.1, 0.15) is 0 Å². The lowest BCUT2D eigenvalue weighted by Gasteiger charge is -2.27. The van der Waals surface area contributed by atoms with Crippen molar-refractivity contribution in [1.29, 1.82) is 0 Å². The van der Waals surface area contributed by atoms with E-state index in [0.717, 1.165) is 0 Å². The van der Waals surface area contributed by atoms with Crippen molar-refractivity contribution in [3.63, 3.8) is 0 Å². The van der Waals surface area contributed by atoms with Gasteiger partial charge in [0.15, 0.2) is 11.7 Å². The van der Waals surface area contributed by atoms with Crippen LogP contribution in [-0.4, -0.2) is 24.2 Å². The minimum absolute atomic E-state index is 0.399. The second-order valence-electron chi connectivity index (χ2n) is 4.01. The van der Waals surface area contributed by atoms with Gasteiger partial charge in [0.05, 0.1) is 0 Å². The molecule has 0 aliphatic heterocycles. The van der Waals surface area contributed by atoms with Gasteiger partial charge < -0.3 is 4.74 Å². The standard InChI is InChI=1S/C12H6F12O/c1-3-5(13)7(9(15,16)11(19,20)21)25-8(6(14)4-2)10(17,18)12(22,23)24/h3-4H,1-2H2. The van der Waals surface area contributed by atoms with Crippen LogP contribution in [0.15, 0.2) is 48.5 Å². The highest BCUT2D eigenvalue weighted by atomic mass is 19.4. The van der Waals surface area contributed by atoms with Gasteiger partial charge in [0.25, 0.3) is 0 Å². The summed E-state index contributed by atoms with van der Waals surface area (Å²) >= 11 is 0. The first-order valence-electron chi connectivity index (χ1n) is 5.57. The zero-order valence-electron chi connectivity index (χ0n) is 11.5. The predicted molar refractivity (Wildman–Crippen MR) is 59.8 cm³/mol. The highest BCUT2D eigenvalue weighted by Gasteiger charge is 2.67. The first-order valence-corrected chi connectivity index (χ1v) is 5.57. The minimum atomic E-state index is -6.67. The fourth-order valence-corrected chi connectivity index (χ4v) is 1.07. The Hall–Kier alpha value is -2.08. The third-order valence-electron chi connectivity index (χ3n) is 2.28. The average molecular weight is 394 g/mol. The molecule has 0 fully saturated rings. The molecule has 0 amide bonds. The molecule has 0 spiro atoms. The van der Waals surface area contributed by atoms with Crippen molar-refractivity contribution < 1.29 is 57.4 Å². The normalized spacial score (nSPS) is 16.0. The van der Waals surface area contributed by atoms with E-state index in [1.165, 1.54) is 0 Å². The molecule has 0 radical (unpaired) electrons. The van der Waals surface area contributed by atoms with Gasteiger partial charge in [-0.3, -0.25) is 0 Å². The predicted octanol–water partition coefficient (Wildman–Crippen LogP) is 6.13. The van der Waals surface area contributed by atoms with Gasteiger partial charge in [0.2, 0.25) is 11.5 Å². The smallest absolute Gasteiger partial charge is 0.446 e. The second kappa shape index (κ2) is 7.04. The van der Waals surface area contributed by atoms with Crippen LogP contribution in [0.2, 0.25) is 0 Å². The Balaban J connectivity index is 6.57. The summed E-state index contributed by atoms with van der Waals surface area (Å²) in [6.07, 6.45) is -14.1. The van der Waals surface area contributed by atoms with Gasteiger partial charge in [-0.05, 0) is 12.2 Å². The first kappa shape index (κ1) is 22.9. The second-order valence-corrected chi connectivity index (χ2v) is 4.01. The van der Waals surface area contributed by atoms with Gasteiger partial charge in [0, 0.05) is 0 Å². The van der Waals surface area contributed by atoms with Gasteiger partial charge >= 0.3 is 24.2 Å². The molecule has 0 heterocycles. The molecule has 25 heavy (non-hydrogen) atoms. The molecule has 144 valence electrons. The van der Waals surface area contributed by atoms with Crippen LogP contribution >= 0.6 is 0 Å². The van der Waals surface area contributed by atoms with Crippen molar-refractivity contribution >= 4 is 0 Å². The summed E-state index contributed by atoms with van der Waals surface area (Å²) in [5.74, 6) is -25.0. The summed E-state index contributed by atoms with van der Waals surface area (Å²) in [5, 5.41) is 0. The topological polar surface area (TPSA) is 9.23 Å². The van der Waals surface area contributed by atoms with Gasteiger partial charge in [-0.1, -0.05) is 13.2 Å². The lowest BCUT2D eigenvalue weighted by molar-refractivity contribution is -0.291. The Morgan fingerprint density at radius 2 is 0.840 bits per heavy atom. The molecule has 0 saturated carbocycles. The highest BCUT2D eigenvalue weighted by molar-refractivity contribution is 5.28. The third kappa shape index (κ3) is 4.51. The summed E-state index contributed by atoms with van der Waals surface area (Å²) in [5.41, 5.74) is 0. The highest BCUT2D eigenvalue weighted by Crippen LogP contribution is 2.48. The van der Waals surface area contributed by atoms with Crippen LogP contribution in [0, 0.1) is 0 Å². The fraction of sp³-hybridized carbons (Fsp3) is 0.333. The van der Waals surface area contributed by atoms with Crippen molar-refractivity contribution in [3.05, 3.63) is 48.5 Å². The first-order chi connectivity index (χ1) is 10.9. The van der Waals surface area contributed by atoms with Crippen molar-refractivity contribution in [2.45, 2.75) is 24.2 Å². The molecular weight excluding hydrogens is 388 g/mol. The quantitative estimate of drug-likeness (QED) is 0.299. The maximum atomic E-state index is 13.2. The summed E-state index contributed by atoms with van der Waals surface area (Å²) in [7, 11) is 0. The van der Waals surface area contributed by atoms with E-state index < -0.39 is 59.5 Å². The van der Waals surface area contributed by atoms with Crippen molar-refractivity contribution in [1.82, 2.24) is 0 Å². The SMILES string of the molecule is C=CC(F)=C(OC(=C(F)C=C)C(F)(F)C(F)(F)F)C(F)(F)C(F)(F)F. The summed E-state index contributed by atoms with van der Waals surface area (Å²) < 4.78 is 155. The Kier molecular flexibility index (Phi) is 6.45. The van der Waals surface area contributed by atoms with E-state index in [0.29, 0.717) is 0 Å². The molecule has 0 aromatic carbocycles. The third-order valence-corrected chi connectivity index (χ3v) is 2.28. The number of hydrogen-bond acceptors (Lipinski definition) is 1. The van der Waals surface area contributed by atoms with Crippen LogP contribution in [0.3, 0.4) is 0 Å². The number of alkyl halides is 10. The molecule has 0 saturated heterocycles. The average Bonchev–Trinajstić information content (AvgIpc) is 2.43. The van der Waals surface area contributed by atoms with Crippen LogP contribution in [0.5, 0.6) is 0 Å². The number of hydrogen-bond donors (Lipinski definition) is 0. The van der Waals surface area contributed by atoms with Crippen LogP contribution < -0.4 is 0 Å². The lowest BCUT2D eigenvalue weighted by atomic mass is 10.2. The molecular formula is C12H6F12O. The van der Waals surface area contributed by atoms with Gasteiger partial charge in [-0.25, -0.2) is 8.78 Å². The van der Waals surface area contributed by atoms with E-state index in [1.54, 1.807) is 0 Å². The molecule has 0 aliphatic carbocycles. The number of ether oxygens (including phenoxy) is 1. The Labute approximate surface area is 131 Å². The maximum Gasteiger partial charge on any atom is 0.461 e. The molecule has 1 nitrogen and oxygen atoms in total. The Morgan fingerprint density at radius 3 is 1.00 bits per heavy atom. The monoisotopic (exact) mass is 394 g/mol. The number of halogens is 12. The van der Waals surface area contributed by atoms with Crippen molar-refractivity contribution in [2.75, 3.05) is 0 Å². The molecule has 0 aromatic heterocycles. The maximum absolute atomic E-state index is 13.2. The van der Waals surface area contributed by atoms with Crippen LogP contribution in [0.25, 0.3) is 0 Å². The van der Waals surface area contributed by atoms with Gasteiger partial charge in [-0.15, -0.1) is 0 Å². The molecule has 0 rings (SSSR count). The Morgan fingerprint density at radius 1 is 0.600 bits per heavy atom. The number of rotatable bonds is 6. The molecule has 0 aromatic rings.